The third-order valence-electron chi connectivity index (χ3n) is 4.27. The first-order chi connectivity index (χ1) is 14.2. The first-order valence-electron chi connectivity index (χ1n) is 9.29. The number of rotatable bonds is 6. The number of ether oxygens (including phenoxy) is 3. The molecule has 2 rings (SSSR count). The van der Waals surface area contributed by atoms with E-state index in [1.807, 2.05) is 31.2 Å². The van der Waals surface area contributed by atoms with Gasteiger partial charge in [-0.1, -0.05) is 51.0 Å². The smallest absolute Gasteiger partial charge is 0.454 e. The molecule has 0 bridgehead atoms. The van der Waals surface area contributed by atoms with E-state index in [-0.39, 0.29) is 17.8 Å². The first kappa shape index (κ1) is 22.6. The normalized spacial score (nSPS) is 11.7. The molecule has 0 radical (unpaired) electrons. The minimum atomic E-state index is -0.957. The highest BCUT2D eigenvalue weighted by atomic mass is 16.8. The van der Waals surface area contributed by atoms with Crippen LogP contribution >= 0.6 is 0 Å². The van der Waals surface area contributed by atoms with Crippen molar-refractivity contribution in [2.75, 3.05) is 13.4 Å². The van der Waals surface area contributed by atoms with Crippen LogP contribution in [0.2, 0.25) is 0 Å². The summed E-state index contributed by atoms with van der Waals surface area (Å²) in [5.41, 5.74) is 3.42. The molecule has 156 valence electrons. The van der Waals surface area contributed by atoms with E-state index >= 15 is 0 Å². The Labute approximate surface area is 176 Å². The van der Waals surface area contributed by atoms with Crippen molar-refractivity contribution in [3.63, 3.8) is 0 Å². The molecule has 0 saturated carbocycles. The number of benzene rings is 1. The maximum Gasteiger partial charge on any atom is 0.512 e. The lowest BCUT2D eigenvalue weighted by atomic mass is 9.86. The van der Waals surface area contributed by atoms with Gasteiger partial charge in [0.1, 0.15) is 17.3 Å². The fourth-order valence-electron chi connectivity index (χ4n) is 2.76. The van der Waals surface area contributed by atoms with Crippen LogP contribution in [-0.2, 0) is 26.7 Å². The molecule has 7 nitrogen and oxygen atoms in total. The lowest BCUT2D eigenvalue weighted by molar-refractivity contribution is -0.000822. The van der Waals surface area contributed by atoms with Crippen LogP contribution in [0.1, 0.15) is 43.3 Å². The summed E-state index contributed by atoms with van der Waals surface area (Å²) in [6, 6.07) is 11.7. The molecule has 0 aliphatic rings. The largest absolute Gasteiger partial charge is 0.512 e. The summed E-state index contributed by atoms with van der Waals surface area (Å²) in [6.07, 6.45) is 4.08. The average Bonchev–Trinajstić information content (AvgIpc) is 3.03. The summed E-state index contributed by atoms with van der Waals surface area (Å²) in [5.74, 6) is 2.41. The van der Waals surface area contributed by atoms with Crippen LogP contribution in [-0.4, -0.2) is 29.3 Å². The number of allylic oxidation sites excluding steroid dienone is 1. The van der Waals surface area contributed by atoms with Gasteiger partial charge in [0.15, 0.2) is 12.4 Å². The van der Waals surface area contributed by atoms with Crippen molar-refractivity contribution >= 4 is 17.5 Å². The number of hydrogen-bond donors (Lipinski definition) is 0. The van der Waals surface area contributed by atoms with E-state index in [1.54, 1.807) is 17.8 Å². The van der Waals surface area contributed by atoms with Gasteiger partial charge in [-0.25, -0.2) is 4.79 Å². The predicted molar refractivity (Wildman–Crippen MR) is 113 cm³/mol. The summed E-state index contributed by atoms with van der Waals surface area (Å²) in [5, 5.41) is 14.2. The molecule has 0 amide bonds. The number of carbonyl (C=O) groups excluding carboxylic acids is 1. The number of carbonyl (C=O) groups is 1. The summed E-state index contributed by atoms with van der Waals surface area (Å²) < 4.78 is 16.8. The Kier molecular flexibility index (Phi) is 7.27. The van der Waals surface area contributed by atoms with Gasteiger partial charge in [-0.15, -0.1) is 6.42 Å². The van der Waals surface area contributed by atoms with Crippen LogP contribution in [0.15, 0.2) is 30.3 Å². The van der Waals surface area contributed by atoms with E-state index in [9.17, 15) is 10.1 Å². The van der Waals surface area contributed by atoms with Gasteiger partial charge in [-0.3, -0.25) is 4.68 Å². The number of nitrogens with zero attached hydrogens (tertiary/aromatic N) is 3. The van der Waals surface area contributed by atoms with Crippen molar-refractivity contribution in [2.45, 2.75) is 33.1 Å². The molecule has 0 fully saturated rings. The second kappa shape index (κ2) is 9.67. The second-order valence-corrected chi connectivity index (χ2v) is 7.59. The Morgan fingerprint density at radius 2 is 1.87 bits per heavy atom. The van der Waals surface area contributed by atoms with E-state index in [0.29, 0.717) is 16.8 Å². The van der Waals surface area contributed by atoms with E-state index in [2.05, 4.69) is 42.6 Å². The van der Waals surface area contributed by atoms with Crippen molar-refractivity contribution in [2.24, 2.45) is 7.05 Å². The highest BCUT2D eigenvalue weighted by molar-refractivity contribution is 5.94. The summed E-state index contributed by atoms with van der Waals surface area (Å²) >= 11 is 0. The van der Waals surface area contributed by atoms with Crippen LogP contribution < -0.4 is 0 Å². The monoisotopic (exact) mass is 407 g/mol. The molecule has 0 saturated heterocycles. The topological polar surface area (TPSA) is 86.4 Å². The fraction of sp³-hybridized carbons (Fsp3) is 0.348. The van der Waals surface area contributed by atoms with Gasteiger partial charge in [-0.2, -0.15) is 10.4 Å². The summed E-state index contributed by atoms with van der Waals surface area (Å²) in [4.78, 5) is 11.5. The lowest BCUT2D eigenvalue weighted by Crippen LogP contribution is -2.12. The van der Waals surface area contributed by atoms with Gasteiger partial charge in [-0.05, 0) is 29.5 Å². The molecule has 0 atom stereocenters. The minimum Gasteiger partial charge on any atom is -0.454 e. The molecule has 0 aliphatic heterocycles. The van der Waals surface area contributed by atoms with Crippen LogP contribution in [0.5, 0.6) is 0 Å². The van der Waals surface area contributed by atoms with Crippen LogP contribution in [0.3, 0.4) is 0 Å². The molecule has 0 N–H and O–H groups in total. The SMILES string of the molecule is C#CCOC(=O)OCO/C(=C(/C#N)c1ccc(C(C)(C)C)cc1)c1cc(C)nn1C. The molecule has 0 spiro atoms. The van der Waals surface area contributed by atoms with Gasteiger partial charge in [0.05, 0.1) is 5.69 Å². The second-order valence-electron chi connectivity index (χ2n) is 7.59. The van der Waals surface area contributed by atoms with Gasteiger partial charge in [0, 0.05) is 7.05 Å². The highest BCUT2D eigenvalue weighted by Crippen LogP contribution is 2.29. The molecule has 1 aromatic carbocycles. The predicted octanol–water partition coefficient (Wildman–Crippen LogP) is 4.18. The average molecular weight is 407 g/mol. The quantitative estimate of drug-likeness (QED) is 0.235. The van der Waals surface area contributed by atoms with Crippen molar-refractivity contribution in [1.29, 1.82) is 5.26 Å². The lowest BCUT2D eigenvalue weighted by Gasteiger charge is -2.19. The molecular formula is C23H25N3O4. The minimum absolute atomic E-state index is 0.0138. The van der Waals surface area contributed by atoms with E-state index < -0.39 is 12.9 Å². The molecule has 1 aromatic heterocycles. The number of aromatic nitrogens is 2. The third-order valence-corrected chi connectivity index (χ3v) is 4.27. The summed E-state index contributed by atoms with van der Waals surface area (Å²) in [6.45, 7) is 7.53. The number of terminal acetylenes is 1. The zero-order chi connectivity index (χ0) is 22.3. The molecule has 0 unspecified atom stereocenters. The van der Waals surface area contributed by atoms with Crippen molar-refractivity contribution < 1.29 is 19.0 Å². The Hall–Kier alpha value is -3.71. The molecule has 2 aromatic rings. The molecule has 30 heavy (non-hydrogen) atoms. The standard InChI is InChI=1S/C23H25N3O4/c1-7-12-28-22(27)30-15-29-21(20-13-16(2)25-26(20)6)19(14-24)17-8-10-18(11-9-17)23(3,4)5/h1,8-11,13H,12,15H2,2-6H3/b21-19-. The number of aryl methyl sites for hydroxylation is 2. The Morgan fingerprint density at radius 1 is 1.20 bits per heavy atom. The van der Waals surface area contributed by atoms with Gasteiger partial charge in [0.2, 0.25) is 6.79 Å². The Morgan fingerprint density at radius 3 is 2.37 bits per heavy atom. The van der Waals surface area contributed by atoms with E-state index in [0.717, 1.165) is 11.3 Å². The Balaban J connectivity index is 2.41. The first-order valence-corrected chi connectivity index (χ1v) is 9.29. The third kappa shape index (κ3) is 5.65. The molecule has 7 heteroatoms. The maximum atomic E-state index is 11.5. The molecule has 0 aliphatic carbocycles. The van der Waals surface area contributed by atoms with E-state index in [1.165, 1.54) is 0 Å². The number of hydrogen-bond acceptors (Lipinski definition) is 6. The zero-order valence-corrected chi connectivity index (χ0v) is 17.9. The maximum absolute atomic E-state index is 11.5. The van der Waals surface area contributed by atoms with Gasteiger partial charge in [0.25, 0.3) is 0 Å². The van der Waals surface area contributed by atoms with Gasteiger partial charge >= 0.3 is 6.16 Å². The molecular weight excluding hydrogens is 382 g/mol. The number of nitriles is 1. The molecule has 1 heterocycles. The summed E-state index contributed by atoms with van der Waals surface area (Å²) in [7, 11) is 1.74. The van der Waals surface area contributed by atoms with Crippen LogP contribution in [0, 0.1) is 30.6 Å². The van der Waals surface area contributed by atoms with Crippen molar-refractivity contribution in [3.8, 4) is 18.4 Å². The fourth-order valence-corrected chi connectivity index (χ4v) is 2.76. The van der Waals surface area contributed by atoms with Crippen LogP contribution in [0.25, 0.3) is 11.3 Å². The highest BCUT2D eigenvalue weighted by Gasteiger charge is 2.20. The van der Waals surface area contributed by atoms with Crippen molar-refractivity contribution in [1.82, 2.24) is 9.78 Å². The zero-order valence-electron chi connectivity index (χ0n) is 17.9. The van der Waals surface area contributed by atoms with E-state index in [4.69, 9.17) is 15.9 Å². The van der Waals surface area contributed by atoms with Crippen LogP contribution in [0.4, 0.5) is 4.79 Å². The Bertz CT molecular complexity index is 1010. The van der Waals surface area contributed by atoms with Gasteiger partial charge < -0.3 is 14.2 Å². The van der Waals surface area contributed by atoms with Crippen molar-refractivity contribution in [3.05, 3.63) is 52.8 Å².